The number of sulfone groups is 1. The predicted octanol–water partition coefficient (Wildman–Crippen LogP) is 2.43. The number of hydrogen-bond acceptors (Lipinski definition) is 5. The van der Waals surface area contributed by atoms with Gasteiger partial charge in [-0.05, 0) is 44.9 Å². The summed E-state index contributed by atoms with van der Waals surface area (Å²) >= 11 is 0. The van der Waals surface area contributed by atoms with E-state index < -0.39 is 24.1 Å². The van der Waals surface area contributed by atoms with Crippen molar-refractivity contribution in [3.63, 3.8) is 0 Å². The van der Waals surface area contributed by atoms with Crippen LogP contribution in [0.2, 0.25) is 0 Å². The third-order valence-electron chi connectivity index (χ3n) is 2.98. The van der Waals surface area contributed by atoms with Crippen LogP contribution < -0.4 is 4.74 Å². The molecule has 1 rings (SSSR count). The van der Waals surface area contributed by atoms with E-state index in [0.717, 1.165) is 5.56 Å². The van der Waals surface area contributed by atoms with E-state index in [4.69, 9.17) is 15.4 Å². The summed E-state index contributed by atoms with van der Waals surface area (Å²) < 4.78 is 52.0. The smallest absolute Gasteiger partial charge is 0.265 e. The van der Waals surface area contributed by atoms with Crippen molar-refractivity contribution < 1.29 is 21.6 Å². The van der Waals surface area contributed by atoms with E-state index in [-0.39, 0.29) is 23.0 Å². The van der Waals surface area contributed by atoms with Gasteiger partial charge in [-0.1, -0.05) is 6.07 Å². The van der Waals surface area contributed by atoms with E-state index >= 15 is 0 Å². The lowest BCUT2D eigenvalue weighted by Gasteiger charge is -2.14. The molecule has 0 aliphatic carbocycles. The highest BCUT2D eigenvalue weighted by atomic mass is 35.7. The minimum atomic E-state index is -3.96. The Morgan fingerprint density at radius 1 is 1.14 bits per heavy atom. The molecule has 8 heteroatoms. The monoisotopic (exact) mass is 354 g/mol. The largest absolute Gasteiger partial charge is 0.491 e. The van der Waals surface area contributed by atoms with Crippen molar-refractivity contribution in [2.75, 3.05) is 12.4 Å². The van der Waals surface area contributed by atoms with Crippen molar-refractivity contribution >= 4 is 29.6 Å². The van der Waals surface area contributed by atoms with Gasteiger partial charge in [-0.2, -0.15) is 0 Å². The summed E-state index contributed by atoms with van der Waals surface area (Å²) in [6.45, 7) is 6.47. The predicted molar refractivity (Wildman–Crippen MR) is 83.4 cm³/mol. The van der Waals surface area contributed by atoms with Crippen molar-refractivity contribution in [3.8, 4) is 5.75 Å². The summed E-state index contributed by atoms with van der Waals surface area (Å²) in [6, 6.07) is 3.15. The van der Waals surface area contributed by atoms with Crippen molar-refractivity contribution in [2.45, 2.75) is 37.8 Å². The molecule has 0 amide bonds. The Bertz CT molecular complexity index is 721. The van der Waals surface area contributed by atoms with Gasteiger partial charge in [0.1, 0.15) is 17.3 Å². The first-order valence-corrected chi connectivity index (χ1v) is 10.4. The maximum Gasteiger partial charge on any atom is 0.265 e. The molecule has 0 N–H and O–H groups in total. The fourth-order valence-corrected chi connectivity index (χ4v) is 3.68. The second kappa shape index (κ2) is 6.54. The zero-order chi connectivity index (χ0) is 16.4. The zero-order valence-electron chi connectivity index (χ0n) is 12.4. The molecule has 120 valence electrons. The second-order valence-electron chi connectivity index (χ2n) is 5.11. The Morgan fingerprint density at radius 2 is 1.71 bits per heavy atom. The average Bonchev–Trinajstić information content (AvgIpc) is 2.29. The average molecular weight is 355 g/mol. The summed E-state index contributed by atoms with van der Waals surface area (Å²) in [5.41, 5.74) is 1.32. The number of rotatable bonds is 6. The second-order valence-corrected chi connectivity index (χ2v) is 10.3. The lowest BCUT2D eigenvalue weighted by atomic mass is 10.1. The Kier molecular flexibility index (Phi) is 5.69. The molecule has 1 aromatic rings. The minimum absolute atomic E-state index is 0.106. The quantitative estimate of drug-likeness (QED) is 0.733. The Morgan fingerprint density at radius 3 is 2.19 bits per heavy atom. The topological polar surface area (TPSA) is 77.5 Å². The molecule has 0 spiro atoms. The molecular weight excluding hydrogens is 336 g/mol. The van der Waals surface area contributed by atoms with Crippen LogP contribution in [0, 0.1) is 13.8 Å². The van der Waals surface area contributed by atoms with Crippen LogP contribution in [0.5, 0.6) is 5.75 Å². The standard InChI is InChI=1S/C13H19ClO5S2/c1-9(2)20(15,16)6-5-19-13-11(4)7-10(3)8-12(13)21(14,17)18/h7-9H,5-6H2,1-4H3. The maximum atomic E-state index is 11.7. The molecule has 21 heavy (non-hydrogen) atoms. The SMILES string of the molecule is Cc1cc(C)c(OCCS(=O)(=O)C(C)C)c(S(=O)(=O)Cl)c1. The summed E-state index contributed by atoms with van der Waals surface area (Å²) in [6.07, 6.45) is 0. The molecule has 5 nitrogen and oxygen atoms in total. The third kappa shape index (κ3) is 4.86. The molecule has 0 aliphatic rings. The summed E-state index contributed by atoms with van der Waals surface area (Å²) in [5.74, 6) is -0.0747. The van der Waals surface area contributed by atoms with Crippen LogP contribution in [0.4, 0.5) is 0 Å². The van der Waals surface area contributed by atoms with Crippen LogP contribution in [0.15, 0.2) is 17.0 Å². The zero-order valence-corrected chi connectivity index (χ0v) is 14.8. The molecule has 0 saturated carbocycles. The van der Waals surface area contributed by atoms with Gasteiger partial charge in [0.05, 0.1) is 11.0 Å². The summed E-state index contributed by atoms with van der Waals surface area (Å²) in [5, 5.41) is -0.503. The van der Waals surface area contributed by atoms with Crippen molar-refractivity contribution in [1.82, 2.24) is 0 Å². The van der Waals surface area contributed by atoms with Gasteiger partial charge in [0.15, 0.2) is 9.84 Å². The van der Waals surface area contributed by atoms with Gasteiger partial charge < -0.3 is 4.74 Å². The number of benzene rings is 1. The lowest BCUT2D eigenvalue weighted by molar-refractivity contribution is 0.329. The maximum absolute atomic E-state index is 11.7. The van der Waals surface area contributed by atoms with Gasteiger partial charge in [-0.25, -0.2) is 16.8 Å². The molecule has 0 fully saturated rings. The van der Waals surface area contributed by atoms with Crippen molar-refractivity contribution in [2.24, 2.45) is 0 Å². The van der Waals surface area contributed by atoms with Crippen molar-refractivity contribution in [1.29, 1.82) is 0 Å². The van der Waals surface area contributed by atoms with Gasteiger partial charge in [-0.3, -0.25) is 0 Å². The first-order chi connectivity index (χ1) is 9.45. The van der Waals surface area contributed by atoms with Gasteiger partial charge in [0.2, 0.25) is 0 Å². The minimum Gasteiger partial charge on any atom is -0.491 e. The summed E-state index contributed by atoms with van der Waals surface area (Å²) in [7, 11) is -1.81. The highest BCUT2D eigenvalue weighted by Crippen LogP contribution is 2.31. The fourth-order valence-electron chi connectivity index (χ4n) is 1.78. The van der Waals surface area contributed by atoms with E-state index in [0.29, 0.717) is 5.56 Å². The molecule has 1 aromatic carbocycles. The number of aryl methyl sites for hydroxylation is 2. The Labute approximate surface area is 130 Å². The molecular formula is C13H19ClO5S2. The number of hydrogen-bond donors (Lipinski definition) is 0. The fraction of sp³-hybridized carbons (Fsp3) is 0.538. The number of ether oxygens (including phenoxy) is 1. The molecule has 0 atom stereocenters. The first kappa shape index (κ1) is 18.3. The summed E-state index contributed by atoms with van der Waals surface area (Å²) in [4.78, 5) is -0.136. The van der Waals surface area contributed by atoms with Crippen LogP contribution >= 0.6 is 10.7 Å². The van der Waals surface area contributed by atoms with Gasteiger partial charge in [0.25, 0.3) is 9.05 Å². The normalized spacial score (nSPS) is 12.7. The molecule has 0 heterocycles. The lowest BCUT2D eigenvalue weighted by Crippen LogP contribution is -2.22. The van der Waals surface area contributed by atoms with E-state index in [1.54, 1.807) is 33.8 Å². The van der Waals surface area contributed by atoms with E-state index in [9.17, 15) is 16.8 Å². The van der Waals surface area contributed by atoms with Crippen LogP contribution in [0.3, 0.4) is 0 Å². The highest BCUT2D eigenvalue weighted by Gasteiger charge is 2.21. The first-order valence-electron chi connectivity index (χ1n) is 6.35. The molecule has 0 unspecified atom stereocenters. The van der Waals surface area contributed by atoms with E-state index in [1.165, 1.54) is 6.07 Å². The molecule has 0 aromatic heterocycles. The molecule has 0 radical (unpaired) electrons. The highest BCUT2D eigenvalue weighted by molar-refractivity contribution is 8.13. The number of halogens is 1. The Hall–Kier alpha value is -0.790. The van der Waals surface area contributed by atoms with Crippen LogP contribution in [0.25, 0.3) is 0 Å². The third-order valence-corrected chi connectivity index (χ3v) is 6.48. The van der Waals surface area contributed by atoms with Crippen LogP contribution in [-0.4, -0.2) is 34.4 Å². The van der Waals surface area contributed by atoms with Gasteiger partial charge in [-0.15, -0.1) is 0 Å². The van der Waals surface area contributed by atoms with Crippen LogP contribution in [-0.2, 0) is 18.9 Å². The van der Waals surface area contributed by atoms with Gasteiger partial charge >= 0.3 is 0 Å². The molecule has 0 saturated heterocycles. The Balaban J connectivity index is 3.05. The molecule has 0 aliphatic heterocycles. The van der Waals surface area contributed by atoms with Gasteiger partial charge in [0, 0.05) is 10.7 Å². The van der Waals surface area contributed by atoms with E-state index in [2.05, 4.69) is 0 Å². The molecule has 0 bridgehead atoms. The van der Waals surface area contributed by atoms with Crippen molar-refractivity contribution in [3.05, 3.63) is 23.3 Å². The van der Waals surface area contributed by atoms with E-state index in [1.807, 2.05) is 0 Å². The van der Waals surface area contributed by atoms with Crippen LogP contribution in [0.1, 0.15) is 25.0 Å².